The minimum absolute atomic E-state index is 0.295. The van der Waals surface area contributed by atoms with Gasteiger partial charge in [0, 0.05) is 0 Å². The molecule has 3 rings (SSSR count). The van der Waals surface area contributed by atoms with Gasteiger partial charge in [0.05, 0.1) is 6.61 Å². The van der Waals surface area contributed by atoms with Crippen LogP contribution in [0.2, 0.25) is 0 Å². The fraction of sp³-hybridized carbons (Fsp3) is 1.00. The van der Waals surface area contributed by atoms with Gasteiger partial charge in [0.25, 0.3) is 0 Å². The molecule has 3 aliphatic heterocycles. The molecule has 104 valence electrons. The third-order valence-electron chi connectivity index (χ3n) is 3.45. The SMILES string of the molecule is CC1(C)OC[C@@H](C2OC3OC(C)(C)O[C@H]3[C@H]2O)O1. The summed E-state index contributed by atoms with van der Waals surface area (Å²) in [6, 6.07) is 0. The number of fused-ring (bicyclic) bond motifs is 1. The molecule has 2 unspecified atom stereocenters. The first-order valence-corrected chi connectivity index (χ1v) is 6.28. The van der Waals surface area contributed by atoms with Crippen molar-refractivity contribution >= 4 is 0 Å². The van der Waals surface area contributed by atoms with Crippen LogP contribution in [0.4, 0.5) is 0 Å². The van der Waals surface area contributed by atoms with Gasteiger partial charge in [0.15, 0.2) is 17.9 Å². The number of hydrogen-bond acceptors (Lipinski definition) is 6. The van der Waals surface area contributed by atoms with Crippen LogP contribution >= 0.6 is 0 Å². The second-order valence-corrected chi connectivity index (χ2v) is 5.93. The summed E-state index contributed by atoms with van der Waals surface area (Å²) in [4.78, 5) is 0. The lowest BCUT2D eigenvalue weighted by Crippen LogP contribution is -2.42. The predicted octanol–water partition coefficient (Wildman–Crippen LogP) is 0.375. The van der Waals surface area contributed by atoms with E-state index >= 15 is 0 Å². The van der Waals surface area contributed by atoms with Crippen molar-refractivity contribution in [2.24, 2.45) is 0 Å². The van der Waals surface area contributed by atoms with E-state index in [4.69, 9.17) is 23.7 Å². The molecule has 3 aliphatic rings. The number of ether oxygens (including phenoxy) is 5. The maximum atomic E-state index is 10.3. The van der Waals surface area contributed by atoms with Gasteiger partial charge in [-0.1, -0.05) is 0 Å². The van der Waals surface area contributed by atoms with Crippen molar-refractivity contribution in [2.45, 2.75) is 70.0 Å². The highest BCUT2D eigenvalue weighted by Crippen LogP contribution is 2.40. The molecule has 1 N–H and O–H groups in total. The smallest absolute Gasteiger partial charge is 0.190 e. The Morgan fingerprint density at radius 2 is 1.67 bits per heavy atom. The normalized spacial score (nSPS) is 49.5. The van der Waals surface area contributed by atoms with Gasteiger partial charge in [0.1, 0.15) is 24.4 Å². The Balaban J connectivity index is 1.68. The fourth-order valence-electron chi connectivity index (χ4n) is 2.70. The van der Waals surface area contributed by atoms with E-state index in [2.05, 4.69) is 0 Å². The van der Waals surface area contributed by atoms with E-state index in [-0.39, 0.29) is 6.10 Å². The van der Waals surface area contributed by atoms with E-state index in [0.29, 0.717) is 6.61 Å². The topological polar surface area (TPSA) is 66.4 Å². The molecule has 3 heterocycles. The molecule has 18 heavy (non-hydrogen) atoms. The molecule has 3 saturated heterocycles. The molecule has 0 spiro atoms. The highest BCUT2D eigenvalue weighted by Gasteiger charge is 2.57. The average molecular weight is 260 g/mol. The maximum absolute atomic E-state index is 10.3. The van der Waals surface area contributed by atoms with Crippen molar-refractivity contribution in [3.05, 3.63) is 0 Å². The van der Waals surface area contributed by atoms with Gasteiger partial charge < -0.3 is 28.8 Å². The zero-order valence-corrected chi connectivity index (χ0v) is 11.1. The molecule has 0 amide bonds. The summed E-state index contributed by atoms with van der Waals surface area (Å²) >= 11 is 0. The highest BCUT2D eigenvalue weighted by atomic mass is 16.8. The van der Waals surface area contributed by atoms with E-state index in [1.54, 1.807) is 13.8 Å². The summed E-state index contributed by atoms with van der Waals surface area (Å²) in [5.74, 6) is -1.35. The first kappa shape index (κ1) is 12.8. The second kappa shape index (κ2) is 3.88. The van der Waals surface area contributed by atoms with Crippen molar-refractivity contribution in [3.8, 4) is 0 Å². The monoisotopic (exact) mass is 260 g/mol. The number of aliphatic hydroxyl groups is 1. The van der Waals surface area contributed by atoms with Crippen LogP contribution in [-0.4, -0.2) is 54.0 Å². The minimum atomic E-state index is -0.765. The maximum Gasteiger partial charge on any atom is 0.190 e. The van der Waals surface area contributed by atoms with Gasteiger partial charge in [-0.2, -0.15) is 0 Å². The molecular formula is C12H20O6. The molecule has 5 atom stereocenters. The van der Waals surface area contributed by atoms with Crippen LogP contribution in [0.1, 0.15) is 27.7 Å². The van der Waals surface area contributed by atoms with Crippen molar-refractivity contribution in [3.63, 3.8) is 0 Å². The van der Waals surface area contributed by atoms with E-state index in [0.717, 1.165) is 0 Å². The molecular weight excluding hydrogens is 240 g/mol. The van der Waals surface area contributed by atoms with E-state index in [1.165, 1.54) is 0 Å². The van der Waals surface area contributed by atoms with Crippen LogP contribution in [-0.2, 0) is 23.7 Å². The van der Waals surface area contributed by atoms with E-state index < -0.39 is 36.2 Å². The van der Waals surface area contributed by atoms with E-state index in [9.17, 15) is 5.11 Å². The lowest BCUT2D eigenvalue weighted by Gasteiger charge is -2.26. The predicted molar refractivity (Wildman–Crippen MR) is 59.6 cm³/mol. The number of aliphatic hydroxyl groups excluding tert-OH is 1. The largest absolute Gasteiger partial charge is 0.387 e. The second-order valence-electron chi connectivity index (χ2n) is 5.93. The Bertz CT molecular complexity index is 341. The molecule has 0 saturated carbocycles. The quantitative estimate of drug-likeness (QED) is 0.735. The first-order chi connectivity index (χ1) is 8.27. The Morgan fingerprint density at radius 3 is 2.22 bits per heavy atom. The molecule has 0 aromatic rings. The van der Waals surface area contributed by atoms with Crippen molar-refractivity contribution in [1.29, 1.82) is 0 Å². The first-order valence-electron chi connectivity index (χ1n) is 6.28. The third-order valence-corrected chi connectivity index (χ3v) is 3.45. The molecule has 6 heteroatoms. The molecule has 0 aromatic heterocycles. The van der Waals surface area contributed by atoms with Crippen LogP contribution in [0.25, 0.3) is 0 Å². The molecule has 6 nitrogen and oxygen atoms in total. The zero-order chi connectivity index (χ0) is 13.1. The Labute approximate surface area is 106 Å². The van der Waals surface area contributed by atoms with Gasteiger partial charge in [-0.05, 0) is 27.7 Å². The van der Waals surface area contributed by atoms with Crippen LogP contribution < -0.4 is 0 Å². The van der Waals surface area contributed by atoms with Crippen molar-refractivity contribution < 1.29 is 28.8 Å². The summed E-state index contributed by atoms with van der Waals surface area (Å²) in [5, 5.41) is 10.3. The van der Waals surface area contributed by atoms with Gasteiger partial charge in [-0.25, -0.2) is 0 Å². The summed E-state index contributed by atoms with van der Waals surface area (Å²) in [7, 11) is 0. The highest BCUT2D eigenvalue weighted by molar-refractivity contribution is 4.97. The lowest BCUT2D eigenvalue weighted by atomic mass is 10.1. The Morgan fingerprint density at radius 1 is 0.944 bits per heavy atom. The standard InChI is InChI=1S/C12H20O6/c1-11(2)14-5-6(16-11)8-7(13)9-10(15-8)18-12(3,4)17-9/h6-10,13H,5H2,1-4H3/t6-,7-,8?,9-,10?/m0/s1. The van der Waals surface area contributed by atoms with Crippen molar-refractivity contribution in [1.82, 2.24) is 0 Å². The fourth-order valence-corrected chi connectivity index (χ4v) is 2.70. The summed E-state index contributed by atoms with van der Waals surface area (Å²) in [6.45, 7) is 7.68. The van der Waals surface area contributed by atoms with Gasteiger partial charge >= 0.3 is 0 Å². The minimum Gasteiger partial charge on any atom is -0.387 e. The molecule has 0 bridgehead atoms. The lowest BCUT2D eigenvalue weighted by molar-refractivity contribution is -0.232. The summed E-state index contributed by atoms with van der Waals surface area (Å²) in [6.07, 6.45) is -2.53. The Hall–Kier alpha value is -0.240. The van der Waals surface area contributed by atoms with Crippen LogP contribution in [0.3, 0.4) is 0 Å². The summed E-state index contributed by atoms with van der Waals surface area (Å²) in [5.41, 5.74) is 0. The zero-order valence-electron chi connectivity index (χ0n) is 11.1. The van der Waals surface area contributed by atoms with Gasteiger partial charge in [-0.3, -0.25) is 0 Å². The number of hydrogen-bond donors (Lipinski definition) is 1. The van der Waals surface area contributed by atoms with Crippen molar-refractivity contribution in [2.75, 3.05) is 6.61 Å². The molecule has 0 aliphatic carbocycles. The number of rotatable bonds is 1. The average Bonchev–Trinajstić information content (AvgIpc) is 2.81. The van der Waals surface area contributed by atoms with E-state index in [1.807, 2.05) is 13.8 Å². The Kier molecular flexibility index (Phi) is 2.75. The van der Waals surface area contributed by atoms with Crippen LogP contribution in [0.15, 0.2) is 0 Å². The molecule has 0 radical (unpaired) electrons. The van der Waals surface area contributed by atoms with Crippen LogP contribution in [0.5, 0.6) is 0 Å². The van der Waals surface area contributed by atoms with Gasteiger partial charge in [-0.15, -0.1) is 0 Å². The van der Waals surface area contributed by atoms with Crippen LogP contribution in [0, 0.1) is 0 Å². The molecule has 0 aromatic carbocycles. The summed E-state index contributed by atoms with van der Waals surface area (Å²) < 4.78 is 28.1. The molecule has 3 fully saturated rings. The third kappa shape index (κ3) is 2.07. The van der Waals surface area contributed by atoms with Gasteiger partial charge in [0.2, 0.25) is 0 Å².